The first-order chi connectivity index (χ1) is 9.74. The molecule has 20 heavy (non-hydrogen) atoms. The molecule has 3 N–H and O–H groups in total. The van der Waals surface area contributed by atoms with Crippen molar-refractivity contribution in [3.05, 3.63) is 29.8 Å². The first-order valence-electron chi connectivity index (χ1n) is 7.14. The fourth-order valence-electron chi connectivity index (χ4n) is 2.83. The molecule has 0 radical (unpaired) electrons. The molecule has 0 spiro atoms. The van der Waals surface area contributed by atoms with Crippen LogP contribution >= 0.6 is 0 Å². The van der Waals surface area contributed by atoms with Crippen LogP contribution in [0.15, 0.2) is 24.3 Å². The predicted octanol–water partition coefficient (Wildman–Crippen LogP) is 0.666. The maximum absolute atomic E-state index is 12.3. The van der Waals surface area contributed by atoms with Crippen LogP contribution in [0.4, 0.5) is 5.69 Å². The van der Waals surface area contributed by atoms with Crippen molar-refractivity contribution < 1.29 is 9.59 Å². The van der Waals surface area contributed by atoms with Crippen LogP contribution in [0, 0.1) is 5.92 Å². The first kappa shape index (κ1) is 13.0. The van der Waals surface area contributed by atoms with Crippen LogP contribution in [0.1, 0.15) is 18.4 Å². The molecule has 1 aromatic carbocycles. The van der Waals surface area contributed by atoms with Gasteiger partial charge in [-0.3, -0.25) is 9.59 Å². The summed E-state index contributed by atoms with van der Waals surface area (Å²) in [7, 11) is 0. The van der Waals surface area contributed by atoms with E-state index in [4.69, 9.17) is 0 Å². The number of hydrogen-bond acceptors (Lipinski definition) is 3. The number of hydrogen-bond donors (Lipinski definition) is 3. The zero-order chi connectivity index (χ0) is 13.9. The van der Waals surface area contributed by atoms with E-state index in [2.05, 4.69) is 16.0 Å². The average molecular weight is 273 g/mol. The lowest BCUT2D eigenvalue weighted by molar-refractivity contribution is -0.131. The molecule has 3 rings (SSSR count). The van der Waals surface area contributed by atoms with Gasteiger partial charge in [-0.2, -0.15) is 0 Å². The normalized spacial score (nSPS) is 25.1. The first-order valence-corrected chi connectivity index (χ1v) is 7.14. The summed E-state index contributed by atoms with van der Waals surface area (Å²) in [4.78, 5) is 24.0. The number of benzene rings is 1. The number of fused-ring (bicyclic) bond motifs is 1. The third kappa shape index (κ3) is 2.61. The van der Waals surface area contributed by atoms with Crippen LogP contribution in [0.2, 0.25) is 0 Å². The molecule has 0 aliphatic carbocycles. The largest absolute Gasteiger partial charge is 0.384 e. The Balaban J connectivity index is 1.63. The second-order valence-electron chi connectivity index (χ2n) is 5.43. The van der Waals surface area contributed by atoms with Gasteiger partial charge in [0.15, 0.2) is 0 Å². The number of carbonyl (C=O) groups excluding carboxylic acids is 2. The van der Waals surface area contributed by atoms with Crippen molar-refractivity contribution in [1.82, 2.24) is 10.6 Å². The molecule has 2 amide bonds. The summed E-state index contributed by atoms with van der Waals surface area (Å²) < 4.78 is 0. The number of nitrogens with one attached hydrogen (secondary N) is 3. The smallest absolute Gasteiger partial charge is 0.242 e. The van der Waals surface area contributed by atoms with Crippen molar-refractivity contribution in [3.63, 3.8) is 0 Å². The van der Waals surface area contributed by atoms with E-state index in [0.717, 1.165) is 30.5 Å². The molecule has 2 heterocycles. The summed E-state index contributed by atoms with van der Waals surface area (Å²) >= 11 is 0. The molecule has 1 saturated heterocycles. The van der Waals surface area contributed by atoms with Gasteiger partial charge in [0.2, 0.25) is 11.8 Å². The Morgan fingerprint density at radius 3 is 2.95 bits per heavy atom. The molecular weight excluding hydrogens is 254 g/mol. The molecule has 5 heteroatoms. The minimum Gasteiger partial charge on any atom is -0.384 e. The van der Waals surface area contributed by atoms with E-state index in [1.54, 1.807) is 0 Å². The number of anilines is 1. The van der Waals surface area contributed by atoms with Crippen molar-refractivity contribution in [2.45, 2.75) is 25.3 Å². The van der Waals surface area contributed by atoms with E-state index in [0.29, 0.717) is 13.1 Å². The quantitative estimate of drug-likeness (QED) is 0.741. The van der Waals surface area contributed by atoms with Crippen molar-refractivity contribution >= 4 is 17.5 Å². The summed E-state index contributed by atoms with van der Waals surface area (Å²) in [6, 6.07) is 7.66. The molecule has 2 unspecified atom stereocenters. The number of carbonyl (C=O) groups is 2. The van der Waals surface area contributed by atoms with Gasteiger partial charge in [0.1, 0.15) is 6.04 Å². The number of rotatable bonds is 2. The molecule has 2 aliphatic heterocycles. The lowest BCUT2D eigenvalue weighted by Gasteiger charge is -2.28. The molecule has 1 fully saturated rings. The summed E-state index contributed by atoms with van der Waals surface area (Å²) in [5.41, 5.74) is 2.26. The van der Waals surface area contributed by atoms with Crippen LogP contribution < -0.4 is 16.0 Å². The van der Waals surface area contributed by atoms with E-state index < -0.39 is 0 Å². The van der Waals surface area contributed by atoms with Gasteiger partial charge in [-0.05, 0) is 30.9 Å². The molecular formula is C15H19N3O2. The standard InChI is InChI=1S/C15H19N3O2/c19-14(18-13-6-3-7-16-15(13)20)11-8-10-4-1-2-5-12(10)17-9-11/h1-2,4-5,11,13,17H,3,6-9H2,(H,16,20)(H,18,19). The minimum absolute atomic E-state index is 0.0333. The maximum Gasteiger partial charge on any atom is 0.242 e. The molecule has 2 aliphatic rings. The maximum atomic E-state index is 12.3. The number of amides is 2. The molecule has 0 saturated carbocycles. The van der Waals surface area contributed by atoms with Crippen LogP contribution in [-0.4, -0.2) is 30.9 Å². The lowest BCUT2D eigenvalue weighted by Crippen LogP contribution is -2.52. The van der Waals surface area contributed by atoms with Gasteiger partial charge in [-0.15, -0.1) is 0 Å². The minimum atomic E-state index is -0.367. The van der Waals surface area contributed by atoms with Crippen molar-refractivity contribution in [2.75, 3.05) is 18.4 Å². The van der Waals surface area contributed by atoms with Gasteiger partial charge in [0.25, 0.3) is 0 Å². The van der Waals surface area contributed by atoms with Gasteiger partial charge >= 0.3 is 0 Å². The summed E-state index contributed by atoms with van der Waals surface area (Å²) in [6.07, 6.45) is 2.38. The molecule has 0 aromatic heterocycles. The fourth-order valence-corrected chi connectivity index (χ4v) is 2.83. The van der Waals surface area contributed by atoms with Crippen LogP contribution in [0.5, 0.6) is 0 Å². The van der Waals surface area contributed by atoms with Crippen molar-refractivity contribution in [3.8, 4) is 0 Å². The lowest BCUT2D eigenvalue weighted by atomic mass is 9.92. The number of para-hydroxylation sites is 1. The SMILES string of the molecule is O=C(NC1CCCNC1=O)C1CNc2ccccc2C1. The Kier molecular flexibility index (Phi) is 3.58. The Morgan fingerprint density at radius 2 is 2.10 bits per heavy atom. The Morgan fingerprint density at radius 1 is 1.25 bits per heavy atom. The third-order valence-corrected chi connectivity index (χ3v) is 4.00. The second kappa shape index (κ2) is 5.53. The summed E-state index contributed by atoms with van der Waals surface area (Å²) in [5.74, 6) is -0.206. The van der Waals surface area contributed by atoms with Crippen LogP contribution in [-0.2, 0) is 16.0 Å². The highest BCUT2D eigenvalue weighted by molar-refractivity contribution is 5.89. The molecule has 5 nitrogen and oxygen atoms in total. The highest BCUT2D eigenvalue weighted by Gasteiger charge is 2.29. The Hall–Kier alpha value is -2.04. The Labute approximate surface area is 118 Å². The zero-order valence-electron chi connectivity index (χ0n) is 11.3. The van der Waals surface area contributed by atoms with Gasteiger partial charge in [-0.1, -0.05) is 18.2 Å². The van der Waals surface area contributed by atoms with Crippen molar-refractivity contribution in [2.24, 2.45) is 5.92 Å². The van der Waals surface area contributed by atoms with Crippen molar-refractivity contribution in [1.29, 1.82) is 0 Å². The van der Waals surface area contributed by atoms with Crippen LogP contribution in [0.25, 0.3) is 0 Å². The Bertz CT molecular complexity index is 530. The van der Waals surface area contributed by atoms with E-state index in [1.807, 2.05) is 24.3 Å². The molecule has 2 atom stereocenters. The highest BCUT2D eigenvalue weighted by atomic mass is 16.2. The van der Waals surface area contributed by atoms with Gasteiger partial charge in [0, 0.05) is 18.8 Å². The third-order valence-electron chi connectivity index (χ3n) is 4.00. The highest BCUT2D eigenvalue weighted by Crippen LogP contribution is 2.24. The van der Waals surface area contributed by atoms with E-state index >= 15 is 0 Å². The van der Waals surface area contributed by atoms with E-state index in [9.17, 15) is 9.59 Å². The molecule has 1 aromatic rings. The molecule has 106 valence electrons. The summed E-state index contributed by atoms with van der Waals surface area (Å²) in [6.45, 7) is 1.33. The second-order valence-corrected chi connectivity index (χ2v) is 5.43. The molecule has 0 bridgehead atoms. The average Bonchev–Trinajstić information content (AvgIpc) is 2.49. The van der Waals surface area contributed by atoms with Gasteiger partial charge in [0.05, 0.1) is 5.92 Å². The zero-order valence-corrected chi connectivity index (χ0v) is 11.3. The fraction of sp³-hybridized carbons (Fsp3) is 0.467. The van der Waals surface area contributed by atoms with Crippen LogP contribution in [0.3, 0.4) is 0 Å². The topological polar surface area (TPSA) is 70.2 Å². The van der Waals surface area contributed by atoms with E-state index in [-0.39, 0.29) is 23.8 Å². The monoisotopic (exact) mass is 273 g/mol. The van der Waals surface area contributed by atoms with Gasteiger partial charge < -0.3 is 16.0 Å². The van der Waals surface area contributed by atoms with Gasteiger partial charge in [-0.25, -0.2) is 0 Å². The summed E-state index contributed by atoms with van der Waals surface area (Å²) in [5, 5.41) is 8.95. The predicted molar refractivity (Wildman–Crippen MR) is 76.3 cm³/mol. The van der Waals surface area contributed by atoms with E-state index in [1.165, 1.54) is 0 Å². The number of piperidine rings is 1.